The number of nitrogens with one attached hydrogen (secondary N) is 2. The van der Waals surface area contributed by atoms with Crippen LogP contribution in [-0.4, -0.2) is 40.9 Å². The van der Waals surface area contributed by atoms with E-state index in [1.54, 1.807) is 6.07 Å². The van der Waals surface area contributed by atoms with Crippen LogP contribution in [0.15, 0.2) is 18.2 Å². The zero-order valence-corrected chi connectivity index (χ0v) is 18.7. The normalized spacial score (nSPS) is 25.5. The van der Waals surface area contributed by atoms with Crippen molar-refractivity contribution in [1.29, 1.82) is 0 Å². The number of piperidine rings is 1. The lowest BCUT2D eigenvalue weighted by Crippen LogP contribution is -2.52. The Labute approximate surface area is 188 Å². The van der Waals surface area contributed by atoms with Gasteiger partial charge in [0.2, 0.25) is 11.8 Å². The third-order valence-corrected chi connectivity index (χ3v) is 6.96. The van der Waals surface area contributed by atoms with Gasteiger partial charge in [0.25, 0.3) is 5.91 Å². The number of benzene rings is 1. The summed E-state index contributed by atoms with van der Waals surface area (Å²) in [4.78, 5) is 50.2. The van der Waals surface area contributed by atoms with Crippen molar-refractivity contribution in [3.8, 4) is 0 Å². The molecular weight excluding hydrogens is 410 g/mol. The Morgan fingerprint density at radius 1 is 1.16 bits per heavy atom. The number of imide groups is 1. The van der Waals surface area contributed by atoms with Gasteiger partial charge in [-0.15, -0.1) is 0 Å². The number of ether oxygens (including phenoxy) is 1. The summed E-state index contributed by atoms with van der Waals surface area (Å²) in [5.74, 6) is 0.429. The van der Waals surface area contributed by atoms with Gasteiger partial charge >= 0.3 is 6.09 Å². The predicted molar refractivity (Wildman–Crippen MR) is 116 cm³/mol. The van der Waals surface area contributed by atoms with Crippen LogP contribution >= 0.6 is 0 Å². The van der Waals surface area contributed by atoms with Crippen LogP contribution in [0.5, 0.6) is 0 Å². The maximum absolute atomic E-state index is 12.9. The lowest BCUT2D eigenvalue weighted by Gasteiger charge is -2.30. The molecule has 8 nitrogen and oxygen atoms in total. The summed E-state index contributed by atoms with van der Waals surface area (Å²) < 4.78 is 5.57. The number of hydrogen-bond acceptors (Lipinski definition) is 5. The first-order valence-electron chi connectivity index (χ1n) is 11.5. The highest BCUT2D eigenvalue weighted by Crippen LogP contribution is 2.31. The van der Waals surface area contributed by atoms with Gasteiger partial charge in [-0.25, -0.2) is 4.79 Å². The molecule has 0 radical (unpaired) electrons. The predicted octanol–water partition coefficient (Wildman–Crippen LogP) is 2.89. The Morgan fingerprint density at radius 3 is 2.59 bits per heavy atom. The van der Waals surface area contributed by atoms with Crippen LogP contribution in [0, 0.1) is 11.8 Å². The number of alkyl carbamates (subject to hydrolysis) is 1. The zero-order chi connectivity index (χ0) is 22.8. The molecule has 2 N–H and O–H groups in total. The maximum Gasteiger partial charge on any atom is 0.407 e. The van der Waals surface area contributed by atoms with Gasteiger partial charge in [0.05, 0.1) is 0 Å². The van der Waals surface area contributed by atoms with Crippen molar-refractivity contribution in [2.24, 2.45) is 11.8 Å². The molecule has 2 fully saturated rings. The van der Waals surface area contributed by atoms with E-state index in [1.165, 1.54) is 4.90 Å². The molecule has 4 rings (SSSR count). The third kappa shape index (κ3) is 4.79. The van der Waals surface area contributed by atoms with Crippen molar-refractivity contribution in [2.75, 3.05) is 0 Å². The topological polar surface area (TPSA) is 105 Å². The molecule has 1 saturated heterocycles. The molecule has 1 atom stereocenters. The summed E-state index contributed by atoms with van der Waals surface area (Å²) >= 11 is 0. The molecule has 3 aliphatic rings. The molecule has 4 amide bonds. The van der Waals surface area contributed by atoms with Crippen LogP contribution in [0.4, 0.5) is 4.79 Å². The Kier molecular flexibility index (Phi) is 6.48. The zero-order valence-electron chi connectivity index (χ0n) is 18.7. The van der Waals surface area contributed by atoms with Crippen molar-refractivity contribution in [2.45, 2.75) is 77.6 Å². The van der Waals surface area contributed by atoms with Crippen molar-refractivity contribution >= 4 is 23.8 Å². The summed E-state index contributed by atoms with van der Waals surface area (Å²) in [7, 11) is 0. The Balaban J connectivity index is 1.30. The second-order valence-electron chi connectivity index (χ2n) is 9.43. The summed E-state index contributed by atoms with van der Waals surface area (Å²) in [5.41, 5.74) is 2.17. The average molecular weight is 442 g/mol. The molecule has 0 spiro atoms. The highest BCUT2D eigenvalue weighted by atomic mass is 16.6. The Bertz CT molecular complexity index is 920. The van der Waals surface area contributed by atoms with Gasteiger partial charge in [-0.1, -0.05) is 26.0 Å². The number of hydrogen-bond donors (Lipinski definition) is 2. The quantitative estimate of drug-likeness (QED) is 0.684. The third-order valence-electron chi connectivity index (χ3n) is 6.96. The fraction of sp³-hybridized carbons (Fsp3) is 0.583. The molecule has 0 aromatic heterocycles. The fourth-order valence-electron chi connectivity index (χ4n) is 4.95. The molecule has 0 bridgehead atoms. The molecule has 8 heteroatoms. The van der Waals surface area contributed by atoms with E-state index in [1.807, 2.05) is 12.1 Å². The lowest BCUT2D eigenvalue weighted by molar-refractivity contribution is -0.136. The molecule has 1 aromatic rings. The minimum Gasteiger partial charge on any atom is -0.446 e. The van der Waals surface area contributed by atoms with Gasteiger partial charge in [-0.05, 0) is 61.1 Å². The summed E-state index contributed by atoms with van der Waals surface area (Å²) in [6.07, 6.45) is 4.08. The van der Waals surface area contributed by atoms with Gasteiger partial charge in [-0.2, -0.15) is 0 Å². The highest BCUT2D eigenvalue weighted by molar-refractivity contribution is 6.05. The smallest absolute Gasteiger partial charge is 0.407 e. The number of nitrogens with zero attached hydrogens (tertiary/aromatic N) is 1. The van der Waals surface area contributed by atoms with E-state index in [9.17, 15) is 19.2 Å². The van der Waals surface area contributed by atoms with Gasteiger partial charge in [0.15, 0.2) is 0 Å². The lowest BCUT2D eigenvalue weighted by atomic mass is 9.80. The molecule has 2 aliphatic heterocycles. The number of carbonyl (C=O) groups excluding carboxylic acids is 4. The molecule has 1 aliphatic carbocycles. The van der Waals surface area contributed by atoms with E-state index < -0.39 is 18.0 Å². The van der Waals surface area contributed by atoms with Gasteiger partial charge in [0.1, 0.15) is 12.1 Å². The average Bonchev–Trinajstić information content (AvgIpc) is 3.08. The van der Waals surface area contributed by atoms with Crippen LogP contribution in [0.3, 0.4) is 0 Å². The summed E-state index contributed by atoms with van der Waals surface area (Å²) in [5, 5.41) is 5.09. The molecular formula is C24H31N3O5. The van der Waals surface area contributed by atoms with Crippen molar-refractivity contribution in [3.63, 3.8) is 0 Å². The van der Waals surface area contributed by atoms with Crippen molar-refractivity contribution in [1.82, 2.24) is 15.5 Å². The van der Waals surface area contributed by atoms with Crippen molar-refractivity contribution < 1.29 is 23.9 Å². The fourth-order valence-corrected chi connectivity index (χ4v) is 4.95. The number of rotatable bonds is 5. The van der Waals surface area contributed by atoms with Crippen LogP contribution in [0.2, 0.25) is 0 Å². The van der Waals surface area contributed by atoms with Crippen LogP contribution in [0.1, 0.15) is 73.9 Å². The van der Waals surface area contributed by atoms with E-state index in [4.69, 9.17) is 4.74 Å². The number of carbonyl (C=O) groups is 4. The number of fused-ring (bicyclic) bond motifs is 1. The minimum atomic E-state index is -0.630. The Morgan fingerprint density at radius 2 is 1.91 bits per heavy atom. The Hall–Kier alpha value is -2.90. The van der Waals surface area contributed by atoms with E-state index in [0.29, 0.717) is 30.4 Å². The molecule has 1 aromatic carbocycles. The van der Waals surface area contributed by atoms with Gasteiger partial charge in [0, 0.05) is 25.1 Å². The second-order valence-corrected chi connectivity index (χ2v) is 9.43. The minimum absolute atomic E-state index is 0.0336. The largest absolute Gasteiger partial charge is 0.446 e. The van der Waals surface area contributed by atoms with E-state index in [-0.39, 0.29) is 30.9 Å². The van der Waals surface area contributed by atoms with E-state index in [2.05, 4.69) is 24.5 Å². The molecule has 1 unspecified atom stereocenters. The molecule has 172 valence electrons. The second kappa shape index (κ2) is 9.30. The first kappa shape index (κ1) is 22.3. The molecule has 32 heavy (non-hydrogen) atoms. The first-order chi connectivity index (χ1) is 15.3. The SMILES string of the molecule is CC(C)C1CCC(OC(=O)NCc2ccc3c(c2)C(=O)N(C2CCC(=O)NC2=O)C3)CC1. The van der Waals surface area contributed by atoms with Gasteiger partial charge < -0.3 is 15.0 Å². The van der Waals surface area contributed by atoms with Crippen LogP contribution < -0.4 is 10.6 Å². The van der Waals surface area contributed by atoms with Crippen molar-refractivity contribution in [3.05, 3.63) is 34.9 Å². The van der Waals surface area contributed by atoms with Crippen LogP contribution in [-0.2, 0) is 27.4 Å². The standard InChI is InChI=1S/C24H31N3O5/c1-14(2)16-5-7-18(8-6-16)32-24(31)25-12-15-3-4-17-13-27(23(30)19(17)11-15)20-9-10-21(28)26-22(20)29/h3-4,11,14,16,18,20H,5-10,12-13H2,1-2H3,(H,25,31)(H,26,28,29). The van der Waals surface area contributed by atoms with E-state index in [0.717, 1.165) is 36.8 Å². The van der Waals surface area contributed by atoms with Gasteiger partial charge in [-0.3, -0.25) is 19.7 Å². The first-order valence-corrected chi connectivity index (χ1v) is 11.5. The molecule has 2 heterocycles. The molecule has 1 saturated carbocycles. The van der Waals surface area contributed by atoms with Crippen LogP contribution in [0.25, 0.3) is 0 Å². The number of amides is 4. The highest BCUT2D eigenvalue weighted by Gasteiger charge is 2.39. The monoisotopic (exact) mass is 441 g/mol. The maximum atomic E-state index is 12.9. The van der Waals surface area contributed by atoms with E-state index >= 15 is 0 Å². The summed E-state index contributed by atoms with van der Waals surface area (Å²) in [6.45, 7) is 5.09. The summed E-state index contributed by atoms with van der Waals surface area (Å²) in [6, 6.07) is 4.86.